The second-order valence-electron chi connectivity index (χ2n) is 2.54. The maximum absolute atomic E-state index is 5.59. The monoisotopic (exact) mass is 164 g/mol. The van der Waals surface area contributed by atoms with Crippen molar-refractivity contribution in [3.8, 4) is 0 Å². The Morgan fingerprint density at radius 2 is 2.42 bits per heavy atom. The lowest BCUT2D eigenvalue weighted by Crippen LogP contribution is -2.11. The topological polar surface area (TPSA) is 82.0 Å². The van der Waals surface area contributed by atoms with Gasteiger partial charge in [0.05, 0.1) is 12.2 Å². The van der Waals surface area contributed by atoms with Gasteiger partial charge in [-0.2, -0.15) is 4.52 Å². The number of hydrogen-bond acceptors (Lipinski definition) is 5. The van der Waals surface area contributed by atoms with Crippen molar-refractivity contribution in [2.45, 2.75) is 13.0 Å². The number of aromatic nitrogens is 5. The third-order valence-corrected chi connectivity index (χ3v) is 1.49. The van der Waals surface area contributed by atoms with Gasteiger partial charge in [-0.3, -0.25) is 0 Å². The van der Waals surface area contributed by atoms with Crippen molar-refractivity contribution in [3.05, 3.63) is 18.3 Å². The average molecular weight is 164 g/mol. The maximum Gasteiger partial charge on any atom is 0.195 e. The summed E-state index contributed by atoms with van der Waals surface area (Å²) in [5.74, 6) is 0.585. The molecule has 12 heavy (non-hydrogen) atoms. The van der Waals surface area contributed by atoms with Crippen LogP contribution < -0.4 is 5.73 Å². The van der Waals surface area contributed by atoms with Crippen molar-refractivity contribution in [3.63, 3.8) is 0 Å². The second-order valence-corrected chi connectivity index (χ2v) is 2.54. The predicted molar refractivity (Wildman–Crippen MR) is 41.2 cm³/mol. The van der Waals surface area contributed by atoms with Crippen LogP contribution in [0, 0.1) is 0 Å². The SMILES string of the molecule is C[C@H](N)c1ncc2nncn2n1. The lowest BCUT2D eigenvalue weighted by atomic mass is 10.3. The van der Waals surface area contributed by atoms with Crippen LogP contribution in [0.25, 0.3) is 5.65 Å². The van der Waals surface area contributed by atoms with Gasteiger partial charge < -0.3 is 5.73 Å². The molecule has 0 bridgehead atoms. The lowest BCUT2D eigenvalue weighted by molar-refractivity contribution is 0.693. The molecule has 6 heteroatoms. The third-order valence-electron chi connectivity index (χ3n) is 1.49. The van der Waals surface area contributed by atoms with Crippen LogP contribution in [0.5, 0.6) is 0 Å². The molecule has 2 heterocycles. The number of nitrogens with zero attached hydrogens (tertiary/aromatic N) is 5. The molecular formula is C6H8N6. The minimum Gasteiger partial charge on any atom is -0.321 e. The van der Waals surface area contributed by atoms with Crippen LogP contribution in [0.2, 0.25) is 0 Å². The quantitative estimate of drug-likeness (QED) is 0.616. The Balaban J connectivity index is 2.60. The molecule has 0 spiro atoms. The maximum atomic E-state index is 5.59. The molecular weight excluding hydrogens is 156 g/mol. The van der Waals surface area contributed by atoms with E-state index < -0.39 is 0 Å². The van der Waals surface area contributed by atoms with Gasteiger partial charge in [-0.25, -0.2) is 4.98 Å². The van der Waals surface area contributed by atoms with E-state index in [1.54, 1.807) is 10.7 Å². The zero-order chi connectivity index (χ0) is 8.55. The average Bonchev–Trinajstić information content (AvgIpc) is 2.49. The van der Waals surface area contributed by atoms with E-state index in [-0.39, 0.29) is 6.04 Å². The Kier molecular flexibility index (Phi) is 1.47. The second kappa shape index (κ2) is 2.49. The zero-order valence-corrected chi connectivity index (χ0v) is 6.55. The summed E-state index contributed by atoms with van der Waals surface area (Å²) < 4.78 is 1.55. The molecule has 0 aliphatic carbocycles. The molecule has 0 fully saturated rings. The summed E-state index contributed by atoms with van der Waals surface area (Å²) in [6.45, 7) is 1.82. The Bertz CT molecular complexity index is 392. The molecule has 0 saturated heterocycles. The molecule has 0 aromatic carbocycles. The van der Waals surface area contributed by atoms with Gasteiger partial charge in [0.2, 0.25) is 0 Å². The van der Waals surface area contributed by atoms with Gasteiger partial charge in [-0.05, 0) is 6.92 Å². The first-order valence-electron chi connectivity index (χ1n) is 3.56. The molecule has 0 saturated carbocycles. The summed E-state index contributed by atoms with van der Waals surface area (Å²) >= 11 is 0. The summed E-state index contributed by atoms with van der Waals surface area (Å²) in [6, 6.07) is -0.170. The molecule has 6 nitrogen and oxygen atoms in total. The molecule has 2 aromatic rings. The lowest BCUT2D eigenvalue weighted by Gasteiger charge is -2.01. The Morgan fingerprint density at radius 3 is 3.17 bits per heavy atom. The third kappa shape index (κ3) is 1.02. The Morgan fingerprint density at radius 1 is 1.58 bits per heavy atom. The Labute approximate surface area is 68.4 Å². The van der Waals surface area contributed by atoms with E-state index in [2.05, 4.69) is 20.3 Å². The van der Waals surface area contributed by atoms with Crippen LogP contribution in [0.4, 0.5) is 0 Å². The van der Waals surface area contributed by atoms with Crippen LogP contribution >= 0.6 is 0 Å². The van der Waals surface area contributed by atoms with Gasteiger partial charge >= 0.3 is 0 Å². The minimum atomic E-state index is -0.170. The van der Waals surface area contributed by atoms with E-state index in [1.165, 1.54) is 6.33 Å². The summed E-state index contributed by atoms with van der Waals surface area (Å²) in [6.07, 6.45) is 3.11. The number of rotatable bonds is 1. The summed E-state index contributed by atoms with van der Waals surface area (Å²) in [4.78, 5) is 4.02. The number of hydrogen-bond donors (Lipinski definition) is 1. The van der Waals surface area contributed by atoms with Crippen molar-refractivity contribution < 1.29 is 0 Å². The van der Waals surface area contributed by atoms with Gasteiger partial charge in [-0.15, -0.1) is 15.3 Å². The standard InChI is InChI=1S/C6H8N6/c1-4(7)6-8-2-5-10-9-3-12(5)11-6/h2-4H,7H2,1H3/t4-/m0/s1. The molecule has 0 aliphatic heterocycles. The predicted octanol–water partition coefficient (Wildman–Crippen LogP) is -0.461. The Hall–Kier alpha value is -1.56. The largest absolute Gasteiger partial charge is 0.321 e. The van der Waals surface area contributed by atoms with Crippen molar-refractivity contribution in [1.82, 2.24) is 24.8 Å². The van der Waals surface area contributed by atoms with Crippen LogP contribution in [0.1, 0.15) is 18.8 Å². The molecule has 62 valence electrons. The van der Waals surface area contributed by atoms with E-state index in [4.69, 9.17) is 5.73 Å². The van der Waals surface area contributed by atoms with Crippen LogP contribution in [0.3, 0.4) is 0 Å². The number of fused-ring (bicyclic) bond motifs is 1. The molecule has 0 amide bonds. The van der Waals surface area contributed by atoms with E-state index in [0.717, 1.165) is 0 Å². The van der Waals surface area contributed by atoms with Gasteiger partial charge in [0.15, 0.2) is 11.5 Å². The summed E-state index contributed by atoms with van der Waals surface area (Å²) in [5, 5.41) is 11.5. The minimum absolute atomic E-state index is 0.170. The molecule has 0 radical (unpaired) electrons. The van der Waals surface area contributed by atoms with Gasteiger partial charge in [0, 0.05) is 0 Å². The fourth-order valence-corrected chi connectivity index (χ4v) is 0.870. The van der Waals surface area contributed by atoms with E-state index in [0.29, 0.717) is 11.5 Å². The highest BCUT2D eigenvalue weighted by Gasteiger charge is 2.04. The highest BCUT2D eigenvalue weighted by atomic mass is 15.4. The molecule has 2 rings (SSSR count). The van der Waals surface area contributed by atoms with Gasteiger partial charge in [-0.1, -0.05) is 0 Å². The highest BCUT2D eigenvalue weighted by Crippen LogP contribution is 2.01. The molecule has 0 unspecified atom stereocenters. The first-order chi connectivity index (χ1) is 5.77. The van der Waals surface area contributed by atoms with Crippen LogP contribution in [-0.4, -0.2) is 24.8 Å². The van der Waals surface area contributed by atoms with Crippen molar-refractivity contribution in [2.75, 3.05) is 0 Å². The first-order valence-corrected chi connectivity index (χ1v) is 3.56. The fourth-order valence-electron chi connectivity index (χ4n) is 0.870. The zero-order valence-electron chi connectivity index (χ0n) is 6.55. The molecule has 2 aromatic heterocycles. The normalized spacial score (nSPS) is 13.5. The summed E-state index contributed by atoms with van der Waals surface area (Å²) in [7, 11) is 0. The number of nitrogens with two attached hydrogens (primary N) is 1. The fraction of sp³-hybridized carbons (Fsp3) is 0.333. The first kappa shape index (κ1) is 7.11. The van der Waals surface area contributed by atoms with E-state index >= 15 is 0 Å². The van der Waals surface area contributed by atoms with Crippen LogP contribution in [-0.2, 0) is 0 Å². The van der Waals surface area contributed by atoms with Crippen LogP contribution in [0.15, 0.2) is 12.5 Å². The molecule has 2 N–H and O–H groups in total. The van der Waals surface area contributed by atoms with Crippen molar-refractivity contribution >= 4 is 5.65 Å². The summed E-state index contributed by atoms with van der Waals surface area (Å²) in [5.41, 5.74) is 6.22. The highest BCUT2D eigenvalue weighted by molar-refractivity contribution is 5.30. The smallest absolute Gasteiger partial charge is 0.195 e. The van der Waals surface area contributed by atoms with Crippen molar-refractivity contribution in [1.29, 1.82) is 0 Å². The van der Waals surface area contributed by atoms with E-state index in [9.17, 15) is 0 Å². The van der Waals surface area contributed by atoms with Gasteiger partial charge in [0.25, 0.3) is 0 Å². The molecule has 0 aliphatic rings. The van der Waals surface area contributed by atoms with Crippen molar-refractivity contribution in [2.24, 2.45) is 5.73 Å². The van der Waals surface area contributed by atoms with Gasteiger partial charge in [0.1, 0.15) is 6.33 Å². The van der Waals surface area contributed by atoms with E-state index in [1.807, 2.05) is 6.92 Å². The molecule has 1 atom stereocenters.